The number of anilines is 1. The predicted octanol–water partition coefficient (Wildman–Crippen LogP) is 3.30. The van der Waals surface area contributed by atoms with Crippen molar-refractivity contribution in [2.24, 2.45) is 0 Å². The largest absolute Gasteiger partial charge is 0.488 e. The fourth-order valence-corrected chi connectivity index (χ4v) is 2.46. The normalized spacial score (nSPS) is 14.1. The van der Waals surface area contributed by atoms with Gasteiger partial charge in [0.25, 0.3) is 0 Å². The van der Waals surface area contributed by atoms with E-state index in [0.717, 1.165) is 0 Å². The van der Waals surface area contributed by atoms with Gasteiger partial charge in [-0.15, -0.1) is 10.2 Å². The van der Waals surface area contributed by atoms with E-state index in [4.69, 9.17) is 25.6 Å². The number of rotatable bonds is 9. The number of hydrogen-bond donors (Lipinski definition) is 2. The molecule has 1 heterocycles. The molecule has 7 nitrogen and oxygen atoms in total. The molecule has 0 aromatic carbocycles. The van der Waals surface area contributed by atoms with Gasteiger partial charge in [0.2, 0.25) is 0 Å². The van der Waals surface area contributed by atoms with E-state index >= 15 is 0 Å². The van der Waals surface area contributed by atoms with Gasteiger partial charge in [-0.1, -0.05) is 25.1 Å². The van der Waals surface area contributed by atoms with Crippen LogP contribution in [-0.4, -0.2) is 43.1 Å². The van der Waals surface area contributed by atoms with Crippen LogP contribution in [0.4, 0.5) is 5.82 Å². The summed E-state index contributed by atoms with van der Waals surface area (Å²) in [5.41, 5.74) is -0.517. The summed E-state index contributed by atoms with van der Waals surface area (Å²) in [6, 6.07) is 1.61. The Morgan fingerprint density at radius 2 is 2.17 bits per heavy atom. The maximum atomic E-state index is 11.0. The van der Waals surface area contributed by atoms with Gasteiger partial charge in [-0.05, 0) is 33.3 Å². The van der Waals surface area contributed by atoms with Crippen molar-refractivity contribution >= 4 is 34.3 Å². The number of ether oxygens (including phenoxy) is 2. The van der Waals surface area contributed by atoms with Crippen LogP contribution in [0.15, 0.2) is 12.6 Å². The third-order valence-corrected chi connectivity index (χ3v) is 3.85. The molecule has 0 bridgehead atoms. The van der Waals surface area contributed by atoms with Crippen molar-refractivity contribution in [2.75, 3.05) is 18.5 Å². The number of nitrogens with one attached hydrogen (secondary N) is 1. The molecule has 2 unspecified atom stereocenters. The van der Waals surface area contributed by atoms with Crippen LogP contribution in [0.2, 0.25) is 5.15 Å². The molecule has 0 aliphatic heterocycles. The molecular formula is C15H24ClN3O4S. The third kappa shape index (κ3) is 7.12. The first-order valence-corrected chi connectivity index (χ1v) is 9.05. The highest BCUT2D eigenvalue weighted by atomic mass is 35.5. The number of hydrogen-bond acceptors (Lipinski definition) is 6. The number of halogens is 1. The van der Waals surface area contributed by atoms with Gasteiger partial charge >= 0.3 is 0 Å². The van der Waals surface area contributed by atoms with Crippen molar-refractivity contribution < 1.29 is 18.2 Å². The molecule has 0 aliphatic carbocycles. The lowest BCUT2D eigenvalue weighted by Gasteiger charge is -2.23. The zero-order valence-electron chi connectivity index (χ0n) is 14.3. The van der Waals surface area contributed by atoms with Crippen LogP contribution in [0.1, 0.15) is 39.7 Å². The monoisotopic (exact) mass is 377 g/mol. The quantitative estimate of drug-likeness (QED) is 0.387. The molecule has 0 amide bonds. The molecule has 0 fully saturated rings. The highest BCUT2D eigenvalue weighted by Gasteiger charge is 2.18. The zero-order valence-corrected chi connectivity index (χ0v) is 15.9. The summed E-state index contributed by atoms with van der Waals surface area (Å²) in [5, 5.41) is 11.1. The van der Waals surface area contributed by atoms with Gasteiger partial charge in [-0.3, -0.25) is 0 Å². The van der Waals surface area contributed by atoms with Gasteiger partial charge in [0.15, 0.2) is 27.5 Å². The first kappa shape index (κ1) is 20.8. The molecule has 0 saturated heterocycles. The Hall–Kier alpha value is -1.22. The zero-order chi connectivity index (χ0) is 18.3. The van der Waals surface area contributed by atoms with E-state index < -0.39 is 22.1 Å². The van der Waals surface area contributed by atoms with Gasteiger partial charge in [0, 0.05) is 6.54 Å². The Morgan fingerprint density at radius 3 is 2.71 bits per heavy atom. The second kappa shape index (κ2) is 9.31. The van der Waals surface area contributed by atoms with Crippen LogP contribution in [-0.2, 0) is 20.6 Å². The van der Waals surface area contributed by atoms with E-state index in [1.807, 2.05) is 20.8 Å². The number of nitrogens with zero attached hydrogens (tertiary/aromatic N) is 2. The summed E-state index contributed by atoms with van der Waals surface area (Å²) in [6.45, 7) is 12.0. The minimum Gasteiger partial charge on any atom is -0.488 e. The molecule has 0 spiro atoms. The molecular weight excluding hydrogens is 354 g/mol. The van der Waals surface area contributed by atoms with E-state index in [1.54, 1.807) is 13.0 Å². The fourth-order valence-electron chi connectivity index (χ4n) is 1.81. The van der Waals surface area contributed by atoms with Crippen LogP contribution < -0.4 is 5.32 Å². The smallest absolute Gasteiger partial charge is 0.182 e. The van der Waals surface area contributed by atoms with Crippen LogP contribution >= 0.6 is 11.6 Å². The van der Waals surface area contributed by atoms with E-state index in [1.165, 1.54) is 0 Å². The van der Waals surface area contributed by atoms with Gasteiger partial charge < -0.3 is 19.3 Å². The fraction of sp³-hybridized carbons (Fsp3) is 0.600. The molecule has 0 saturated carbocycles. The summed E-state index contributed by atoms with van der Waals surface area (Å²) in [7, 11) is 0. The summed E-state index contributed by atoms with van der Waals surface area (Å²) in [5.74, 6) is 0.876. The second-order valence-corrected chi connectivity index (χ2v) is 7.44. The van der Waals surface area contributed by atoms with Gasteiger partial charge in [0.1, 0.15) is 11.4 Å². The highest BCUT2D eigenvalue weighted by Crippen LogP contribution is 2.27. The van der Waals surface area contributed by atoms with Crippen molar-refractivity contribution in [3.05, 3.63) is 23.4 Å². The highest BCUT2D eigenvalue weighted by molar-refractivity contribution is 7.79. The summed E-state index contributed by atoms with van der Waals surface area (Å²) in [4.78, 5) is 0. The number of aromatic nitrogens is 2. The van der Waals surface area contributed by atoms with E-state index in [0.29, 0.717) is 30.1 Å². The minimum absolute atomic E-state index is 0.229. The predicted molar refractivity (Wildman–Crippen MR) is 96.2 cm³/mol. The van der Waals surface area contributed by atoms with E-state index in [-0.39, 0.29) is 11.8 Å². The van der Waals surface area contributed by atoms with Crippen molar-refractivity contribution in [2.45, 2.75) is 45.2 Å². The molecule has 0 aliphatic rings. The standard InChI is InChI=1S/C15H24ClN3O4S/c1-6-13(24(20)21)22-8-7-17-14-11(9-12(16)18-19-14)10(2)23-15(3,4)5/h9,13H,2,6-8H2,1,3-5H3,(H,17,19)(H,20,21). The molecule has 1 aromatic rings. The average Bonchev–Trinajstić information content (AvgIpc) is 2.46. The summed E-state index contributed by atoms with van der Waals surface area (Å²) < 4.78 is 31.1. The Balaban J connectivity index is 2.71. The first-order chi connectivity index (χ1) is 11.1. The molecule has 24 heavy (non-hydrogen) atoms. The van der Waals surface area contributed by atoms with E-state index in [9.17, 15) is 4.21 Å². The average molecular weight is 378 g/mol. The second-order valence-electron chi connectivity index (χ2n) is 5.98. The maximum absolute atomic E-state index is 11.0. The van der Waals surface area contributed by atoms with Crippen molar-refractivity contribution in [3.63, 3.8) is 0 Å². The lowest BCUT2D eigenvalue weighted by Crippen LogP contribution is -2.22. The summed E-state index contributed by atoms with van der Waals surface area (Å²) >= 11 is 3.90. The van der Waals surface area contributed by atoms with Crippen molar-refractivity contribution in [1.82, 2.24) is 10.2 Å². The molecule has 2 atom stereocenters. The summed E-state index contributed by atoms with van der Waals surface area (Å²) in [6.07, 6.45) is 0.450. The Bertz CT molecular complexity index is 593. The lowest BCUT2D eigenvalue weighted by atomic mass is 10.1. The third-order valence-electron chi connectivity index (χ3n) is 2.75. The van der Waals surface area contributed by atoms with Crippen LogP contribution in [0.25, 0.3) is 5.76 Å². The molecule has 0 radical (unpaired) electrons. The Kier molecular flexibility index (Phi) is 8.08. The Morgan fingerprint density at radius 1 is 1.50 bits per heavy atom. The van der Waals surface area contributed by atoms with Crippen molar-refractivity contribution in [1.29, 1.82) is 0 Å². The molecule has 1 aromatic heterocycles. The van der Waals surface area contributed by atoms with E-state index in [2.05, 4.69) is 22.1 Å². The maximum Gasteiger partial charge on any atom is 0.182 e. The topological polar surface area (TPSA) is 93.6 Å². The van der Waals surface area contributed by atoms with Crippen LogP contribution in [0.5, 0.6) is 0 Å². The molecule has 136 valence electrons. The van der Waals surface area contributed by atoms with Crippen LogP contribution in [0.3, 0.4) is 0 Å². The van der Waals surface area contributed by atoms with Crippen molar-refractivity contribution in [3.8, 4) is 0 Å². The minimum atomic E-state index is -2.01. The lowest BCUT2D eigenvalue weighted by molar-refractivity contribution is 0.0976. The van der Waals surface area contributed by atoms with Gasteiger partial charge in [-0.25, -0.2) is 4.21 Å². The van der Waals surface area contributed by atoms with Gasteiger partial charge in [0.05, 0.1) is 12.2 Å². The molecule has 2 N–H and O–H groups in total. The van der Waals surface area contributed by atoms with Crippen LogP contribution in [0, 0.1) is 0 Å². The SMILES string of the molecule is C=C(OC(C)(C)C)c1cc(Cl)nnc1NCCOC(CC)S(=O)O. The van der Waals surface area contributed by atoms with Gasteiger partial charge in [-0.2, -0.15) is 0 Å². The Labute approximate surface area is 150 Å². The molecule has 1 rings (SSSR count). The first-order valence-electron chi connectivity index (χ1n) is 7.50. The molecule has 9 heteroatoms.